The third-order valence-electron chi connectivity index (χ3n) is 5.06. The second-order valence-corrected chi connectivity index (χ2v) is 6.30. The van der Waals surface area contributed by atoms with Gasteiger partial charge in [0.2, 0.25) is 6.79 Å². The van der Waals surface area contributed by atoms with Gasteiger partial charge in [0, 0.05) is 35.4 Å². The van der Waals surface area contributed by atoms with Crippen molar-refractivity contribution in [2.24, 2.45) is 0 Å². The molecule has 0 amide bonds. The molecule has 0 fully saturated rings. The lowest BCUT2D eigenvalue weighted by Gasteiger charge is -2.29. The summed E-state index contributed by atoms with van der Waals surface area (Å²) in [5.41, 5.74) is 2.40. The van der Waals surface area contributed by atoms with Gasteiger partial charge >= 0.3 is 0 Å². The van der Waals surface area contributed by atoms with Crippen LogP contribution in [0.2, 0.25) is 0 Å². The van der Waals surface area contributed by atoms with Gasteiger partial charge < -0.3 is 24.2 Å². The number of phenols is 1. The van der Waals surface area contributed by atoms with Crippen LogP contribution in [0.3, 0.4) is 0 Å². The molecule has 0 radical (unpaired) electrons. The monoisotopic (exact) mass is 323 g/mol. The van der Waals surface area contributed by atoms with Gasteiger partial charge in [0.05, 0.1) is 7.11 Å². The van der Waals surface area contributed by atoms with Crippen LogP contribution in [0, 0.1) is 0 Å². The summed E-state index contributed by atoms with van der Waals surface area (Å²) in [5, 5.41) is 14.3. The summed E-state index contributed by atoms with van der Waals surface area (Å²) in [5.74, 6) is 2.21. The molecule has 0 unspecified atom stereocenters. The van der Waals surface area contributed by atoms with E-state index in [1.54, 1.807) is 13.2 Å². The smallest absolute Gasteiger partial charge is 0.231 e. The summed E-state index contributed by atoms with van der Waals surface area (Å²) in [7, 11) is 3.66. The lowest BCUT2D eigenvalue weighted by Crippen LogP contribution is -2.24. The summed E-state index contributed by atoms with van der Waals surface area (Å²) < 4.78 is 16.9. The fraction of sp³-hybridized carbons (Fsp3) is 0.263. The molecular formula is C19H17NO4. The SMILES string of the molecule is COc1c(O)ccc2c1cc1c3c(cc4c(c32)OCO4)CCN1C. The van der Waals surface area contributed by atoms with Crippen molar-refractivity contribution in [2.45, 2.75) is 6.42 Å². The van der Waals surface area contributed by atoms with Gasteiger partial charge in [-0.1, -0.05) is 0 Å². The number of likely N-dealkylation sites (N-methyl/N-ethyl adjacent to an activating group) is 1. The number of benzene rings is 3. The molecule has 0 spiro atoms. The highest BCUT2D eigenvalue weighted by Crippen LogP contribution is 2.51. The van der Waals surface area contributed by atoms with E-state index in [1.807, 2.05) is 6.07 Å². The molecule has 2 heterocycles. The van der Waals surface area contributed by atoms with Crippen molar-refractivity contribution in [2.75, 3.05) is 32.4 Å². The Hall–Kier alpha value is -2.82. The Morgan fingerprint density at radius 3 is 2.83 bits per heavy atom. The number of methoxy groups -OCH3 is 1. The van der Waals surface area contributed by atoms with E-state index in [0.717, 1.165) is 46.3 Å². The number of hydrogen-bond donors (Lipinski definition) is 1. The van der Waals surface area contributed by atoms with Crippen LogP contribution >= 0.6 is 0 Å². The maximum Gasteiger partial charge on any atom is 0.231 e. The fourth-order valence-electron chi connectivity index (χ4n) is 3.92. The Balaban J connectivity index is 2.06. The largest absolute Gasteiger partial charge is 0.504 e. The van der Waals surface area contributed by atoms with Crippen LogP contribution in [0.25, 0.3) is 21.5 Å². The van der Waals surface area contributed by atoms with Crippen LogP contribution in [-0.2, 0) is 6.42 Å². The maximum atomic E-state index is 10.2. The van der Waals surface area contributed by atoms with Crippen molar-refractivity contribution in [3.05, 3.63) is 29.8 Å². The molecular weight excluding hydrogens is 306 g/mol. The quantitative estimate of drug-likeness (QED) is 0.695. The van der Waals surface area contributed by atoms with E-state index < -0.39 is 0 Å². The highest BCUT2D eigenvalue weighted by molar-refractivity contribution is 6.19. The van der Waals surface area contributed by atoms with Crippen LogP contribution in [0.15, 0.2) is 24.3 Å². The Bertz CT molecular complexity index is 1010. The van der Waals surface area contributed by atoms with Gasteiger partial charge in [0.1, 0.15) is 0 Å². The van der Waals surface area contributed by atoms with Crippen LogP contribution in [-0.4, -0.2) is 32.6 Å². The maximum absolute atomic E-state index is 10.2. The van der Waals surface area contributed by atoms with E-state index in [1.165, 1.54) is 10.9 Å². The minimum Gasteiger partial charge on any atom is -0.504 e. The summed E-state index contributed by atoms with van der Waals surface area (Å²) >= 11 is 0. The molecule has 5 nitrogen and oxygen atoms in total. The zero-order valence-electron chi connectivity index (χ0n) is 13.5. The van der Waals surface area contributed by atoms with Crippen molar-refractivity contribution in [3.63, 3.8) is 0 Å². The first kappa shape index (κ1) is 13.6. The predicted molar refractivity (Wildman–Crippen MR) is 92.8 cm³/mol. The van der Waals surface area contributed by atoms with E-state index in [0.29, 0.717) is 5.75 Å². The zero-order chi connectivity index (χ0) is 16.4. The molecule has 5 heteroatoms. The molecule has 0 atom stereocenters. The van der Waals surface area contributed by atoms with Crippen LogP contribution in [0.1, 0.15) is 5.56 Å². The number of fused-ring (bicyclic) bond motifs is 4. The van der Waals surface area contributed by atoms with E-state index in [2.05, 4.69) is 24.1 Å². The number of anilines is 1. The van der Waals surface area contributed by atoms with Gasteiger partial charge in [-0.05, 0) is 41.6 Å². The zero-order valence-corrected chi connectivity index (χ0v) is 13.5. The van der Waals surface area contributed by atoms with Crippen LogP contribution in [0.5, 0.6) is 23.0 Å². The Kier molecular flexibility index (Phi) is 2.61. The number of phenolic OH excluding ortho intramolecular Hbond substituents is 1. The lowest BCUT2D eigenvalue weighted by molar-refractivity contribution is 0.175. The standard InChI is InChI=1S/C19H17NO4/c1-20-6-5-10-7-15-19(24-9-23-15)17-11-3-4-14(21)18(22-2)12(11)8-13(20)16(10)17/h3-4,7-8,21H,5-6,9H2,1-2H3. The molecule has 24 heavy (non-hydrogen) atoms. The van der Waals surface area contributed by atoms with Crippen molar-refractivity contribution in [3.8, 4) is 23.0 Å². The molecule has 0 aliphatic carbocycles. The second kappa shape index (κ2) is 4.60. The van der Waals surface area contributed by atoms with E-state index in [-0.39, 0.29) is 12.5 Å². The number of nitrogens with zero attached hydrogens (tertiary/aromatic N) is 1. The highest BCUT2D eigenvalue weighted by atomic mass is 16.7. The van der Waals surface area contributed by atoms with Crippen LogP contribution < -0.4 is 19.1 Å². The molecule has 2 aliphatic heterocycles. The lowest BCUT2D eigenvalue weighted by atomic mass is 9.91. The van der Waals surface area contributed by atoms with Gasteiger partial charge in [-0.3, -0.25) is 0 Å². The average molecular weight is 323 g/mol. The third kappa shape index (κ3) is 1.59. The summed E-state index contributed by atoms with van der Waals surface area (Å²) in [6.45, 7) is 1.18. The van der Waals surface area contributed by atoms with Crippen molar-refractivity contribution in [1.29, 1.82) is 0 Å². The van der Waals surface area contributed by atoms with Gasteiger partial charge in [0.15, 0.2) is 23.0 Å². The highest BCUT2D eigenvalue weighted by Gasteiger charge is 2.27. The van der Waals surface area contributed by atoms with Crippen molar-refractivity contribution in [1.82, 2.24) is 0 Å². The first-order chi connectivity index (χ1) is 11.7. The number of rotatable bonds is 1. The third-order valence-corrected chi connectivity index (χ3v) is 5.06. The average Bonchev–Trinajstić information content (AvgIpc) is 3.05. The summed E-state index contributed by atoms with van der Waals surface area (Å²) in [6, 6.07) is 7.79. The normalized spacial score (nSPS) is 15.3. The molecule has 122 valence electrons. The molecule has 0 aromatic heterocycles. The van der Waals surface area contributed by atoms with Crippen LogP contribution in [0.4, 0.5) is 5.69 Å². The minimum absolute atomic E-state index is 0.139. The first-order valence-corrected chi connectivity index (χ1v) is 7.98. The first-order valence-electron chi connectivity index (χ1n) is 7.98. The molecule has 3 aromatic rings. The van der Waals surface area contributed by atoms with Gasteiger partial charge in [0.25, 0.3) is 0 Å². The number of ether oxygens (including phenoxy) is 3. The minimum atomic E-state index is 0.139. The summed E-state index contributed by atoms with van der Waals surface area (Å²) in [4.78, 5) is 2.24. The Morgan fingerprint density at radius 2 is 2.00 bits per heavy atom. The Morgan fingerprint density at radius 1 is 1.12 bits per heavy atom. The molecule has 3 aromatic carbocycles. The topological polar surface area (TPSA) is 51.2 Å². The summed E-state index contributed by atoms with van der Waals surface area (Å²) in [6.07, 6.45) is 0.970. The van der Waals surface area contributed by atoms with Crippen molar-refractivity contribution < 1.29 is 19.3 Å². The number of hydrogen-bond acceptors (Lipinski definition) is 5. The molecule has 5 rings (SSSR count). The van der Waals surface area contributed by atoms with Crippen molar-refractivity contribution >= 4 is 27.2 Å². The van der Waals surface area contributed by atoms with E-state index in [4.69, 9.17) is 14.2 Å². The van der Waals surface area contributed by atoms with Gasteiger partial charge in [-0.2, -0.15) is 0 Å². The van der Waals surface area contributed by atoms with E-state index in [9.17, 15) is 5.11 Å². The molecule has 0 saturated carbocycles. The molecule has 0 bridgehead atoms. The van der Waals surface area contributed by atoms with Gasteiger partial charge in [-0.15, -0.1) is 0 Å². The second-order valence-electron chi connectivity index (χ2n) is 6.30. The molecule has 0 saturated heterocycles. The predicted octanol–water partition coefficient (Wildman–Crippen LogP) is 3.43. The Labute approximate surface area is 139 Å². The number of aromatic hydroxyl groups is 1. The fourth-order valence-corrected chi connectivity index (χ4v) is 3.92. The van der Waals surface area contributed by atoms with Gasteiger partial charge in [-0.25, -0.2) is 0 Å². The van der Waals surface area contributed by atoms with E-state index >= 15 is 0 Å². The molecule has 1 N–H and O–H groups in total. The molecule has 2 aliphatic rings.